The van der Waals surface area contributed by atoms with Gasteiger partial charge >= 0.3 is 0 Å². The molecule has 0 saturated heterocycles. The smallest absolute Gasteiger partial charge is 0.253 e. The SMILES string of the molecule is N#Cc1cccc(Cn2cc(C(=O)N[C@H]3CCCC[C@@H]3O)c3c(F)cccc32)c1. The highest BCUT2D eigenvalue weighted by Crippen LogP contribution is 2.26. The maximum atomic E-state index is 14.6. The Kier molecular flexibility index (Phi) is 5.32. The van der Waals surface area contributed by atoms with E-state index >= 15 is 0 Å². The van der Waals surface area contributed by atoms with Gasteiger partial charge in [0.1, 0.15) is 5.82 Å². The number of nitrogens with zero attached hydrogens (tertiary/aromatic N) is 2. The van der Waals surface area contributed by atoms with Gasteiger partial charge in [-0.2, -0.15) is 5.26 Å². The largest absolute Gasteiger partial charge is 0.391 e. The number of fused-ring (bicyclic) bond motifs is 1. The van der Waals surface area contributed by atoms with E-state index in [1.54, 1.807) is 36.5 Å². The van der Waals surface area contributed by atoms with Gasteiger partial charge in [0, 0.05) is 18.1 Å². The molecule has 6 heteroatoms. The van der Waals surface area contributed by atoms with E-state index in [0.717, 1.165) is 24.8 Å². The van der Waals surface area contributed by atoms with Crippen LogP contribution in [0.15, 0.2) is 48.7 Å². The van der Waals surface area contributed by atoms with Gasteiger partial charge < -0.3 is 15.0 Å². The van der Waals surface area contributed by atoms with E-state index in [1.807, 2.05) is 10.6 Å². The lowest BCUT2D eigenvalue weighted by Crippen LogP contribution is -2.45. The molecule has 1 aliphatic carbocycles. The van der Waals surface area contributed by atoms with Crippen LogP contribution in [0.3, 0.4) is 0 Å². The Bertz CT molecular complexity index is 1100. The Morgan fingerprint density at radius 1 is 1.24 bits per heavy atom. The number of hydrogen-bond acceptors (Lipinski definition) is 3. The number of nitriles is 1. The molecule has 2 atom stereocenters. The molecule has 148 valence electrons. The Morgan fingerprint density at radius 2 is 2.03 bits per heavy atom. The number of aliphatic hydroxyl groups excluding tert-OH is 1. The second kappa shape index (κ2) is 8.06. The molecule has 0 spiro atoms. The lowest BCUT2D eigenvalue weighted by Gasteiger charge is -2.28. The summed E-state index contributed by atoms with van der Waals surface area (Å²) in [6.07, 6.45) is 4.36. The van der Waals surface area contributed by atoms with E-state index in [-0.39, 0.29) is 22.9 Å². The summed E-state index contributed by atoms with van der Waals surface area (Å²) in [7, 11) is 0. The molecule has 29 heavy (non-hydrogen) atoms. The van der Waals surface area contributed by atoms with Crippen LogP contribution in [0.2, 0.25) is 0 Å². The molecular formula is C23H22FN3O2. The predicted molar refractivity (Wildman–Crippen MR) is 108 cm³/mol. The fourth-order valence-electron chi connectivity index (χ4n) is 4.07. The van der Waals surface area contributed by atoms with Gasteiger partial charge in [0.2, 0.25) is 0 Å². The van der Waals surface area contributed by atoms with E-state index in [0.29, 0.717) is 24.0 Å². The fourth-order valence-corrected chi connectivity index (χ4v) is 4.07. The van der Waals surface area contributed by atoms with Crippen molar-refractivity contribution in [3.05, 3.63) is 71.2 Å². The first-order valence-electron chi connectivity index (χ1n) is 9.82. The molecule has 1 amide bonds. The van der Waals surface area contributed by atoms with Crippen LogP contribution in [0.5, 0.6) is 0 Å². The zero-order chi connectivity index (χ0) is 20.4. The van der Waals surface area contributed by atoms with Crippen LogP contribution in [0.1, 0.15) is 47.2 Å². The molecule has 0 radical (unpaired) electrons. The van der Waals surface area contributed by atoms with Crippen molar-refractivity contribution in [2.24, 2.45) is 0 Å². The molecule has 1 aliphatic rings. The number of rotatable bonds is 4. The first-order valence-corrected chi connectivity index (χ1v) is 9.82. The van der Waals surface area contributed by atoms with E-state index in [9.17, 15) is 14.3 Å². The highest BCUT2D eigenvalue weighted by Gasteiger charge is 2.27. The Balaban J connectivity index is 1.69. The number of aromatic nitrogens is 1. The van der Waals surface area contributed by atoms with Crippen LogP contribution >= 0.6 is 0 Å². The Labute approximate surface area is 168 Å². The third-order valence-corrected chi connectivity index (χ3v) is 5.55. The van der Waals surface area contributed by atoms with Crippen molar-refractivity contribution < 1.29 is 14.3 Å². The summed E-state index contributed by atoms with van der Waals surface area (Å²) in [5, 5.41) is 22.4. The summed E-state index contributed by atoms with van der Waals surface area (Å²) in [5.74, 6) is -0.836. The first kappa shape index (κ1) is 19.2. The van der Waals surface area contributed by atoms with Gasteiger partial charge in [-0.3, -0.25) is 4.79 Å². The van der Waals surface area contributed by atoms with E-state index in [1.165, 1.54) is 6.07 Å². The summed E-state index contributed by atoms with van der Waals surface area (Å²) in [5.41, 5.74) is 2.31. The van der Waals surface area contributed by atoms with Crippen molar-refractivity contribution in [2.75, 3.05) is 0 Å². The molecule has 0 bridgehead atoms. The molecule has 2 aromatic carbocycles. The molecule has 1 fully saturated rings. The average molecular weight is 391 g/mol. The van der Waals surface area contributed by atoms with Gasteiger partial charge in [0.15, 0.2) is 0 Å². The third kappa shape index (κ3) is 3.87. The van der Waals surface area contributed by atoms with Gasteiger partial charge in [-0.15, -0.1) is 0 Å². The van der Waals surface area contributed by atoms with Crippen LogP contribution in [0, 0.1) is 17.1 Å². The van der Waals surface area contributed by atoms with Gasteiger partial charge in [-0.05, 0) is 42.7 Å². The number of carbonyl (C=O) groups excluding carboxylic acids is 1. The molecule has 1 saturated carbocycles. The molecule has 0 unspecified atom stereocenters. The zero-order valence-corrected chi connectivity index (χ0v) is 15.9. The number of benzene rings is 2. The summed E-state index contributed by atoms with van der Waals surface area (Å²) >= 11 is 0. The molecule has 5 nitrogen and oxygen atoms in total. The number of halogens is 1. The average Bonchev–Trinajstić information content (AvgIpc) is 3.10. The topological polar surface area (TPSA) is 78.0 Å². The van der Waals surface area contributed by atoms with Crippen molar-refractivity contribution in [1.29, 1.82) is 5.26 Å². The molecular weight excluding hydrogens is 369 g/mol. The zero-order valence-electron chi connectivity index (χ0n) is 15.9. The summed E-state index contributed by atoms with van der Waals surface area (Å²) in [6.45, 7) is 0.412. The molecule has 1 aromatic heterocycles. The molecule has 2 N–H and O–H groups in total. The number of hydrogen-bond donors (Lipinski definition) is 2. The van der Waals surface area contributed by atoms with Crippen LogP contribution in [-0.4, -0.2) is 27.7 Å². The minimum Gasteiger partial charge on any atom is -0.391 e. The van der Waals surface area contributed by atoms with Crippen LogP contribution in [-0.2, 0) is 6.54 Å². The van der Waals surface area contributed by atoms with Crippen molar-refractivity contribution >= 4 is 16.8 Å². The van der Waals surface area contributed by atoms with Crippen molar-refractivity contribution in [3.63, 3.8) is 0 Å². The second-order valence-electron chi connectivity index (χ2n) is 7.55. The van der Waals surface area contributed by atoms with E-state index in [4.69, 9.17) is 5.26 Å². The van der Waals surface area contributed by atoms with E-state index < -0.39 is 11.9 Å². The molecule has 0 aliphatic heterocycles. The number of carbonyl (C=O) groups is 1. The number of nitrogens with one attached hydrogen (secondary N) is 1. The molecule has 1 heterocycles. The standard InChI is InChI=1S/C23H22FN3O2/c24-18-7-4-9-20-22(18)17(23(29)26-19-8-1-2-10-21(19)28)14-27(20)13-16-6-3-5-15(11-16)12-25/h3-7,9,11,14,19,21,28H,1-2,8,10,13H2,(H,26,29)/t19-,21-/m0/s1. The van der Waals surface area contributed by atoms with Gasteiger partial charge in [-0.25, -0.2) is 4.39 Å². The monoisotopic (exact) mass is 391 g/mol. The van der Waals surface area contributed by atoms with Gasteiger partial charge in [0.25, 0.3) is 5.91 Å². The fraction of sp³-hybridized carbons (Fsp3) is 0.304. The van der Waals surface area contributed by atoms with Crippen molar-refractivity contribution in [1.82, 2.24) is 9.88 Å². The summed E-state index contributed by atoms with van der Waals surface area (Å²) < 4.78 is 16.5. The number of amides is 1. The lowest BCUT2D eigenvalue weighted by molar-refractivity contribution is 0.0718. The minimum atomic E-state index is -0.570. The lowest BCUT2D eigenvalue weighted by atomic mass is 9.92. The third-order valence-electron chi connectivity index (χ3n) is 5.55. The van der Waals surface area contributed by atoms with Crippen LogP contribution in [0.25, 0.3) is 10.9 Å². The van der Waals surface area contributed by atoms with Gasteiger partial charge in [0.05, 0.1) is 34.9 Å². The maximum Gasteiger partial charge on any atom is 0.253 e. The predicted octanol–water partition coefficient (Wildman–Crippen LogP) is 3.73. The Morgan fingerprint density at radius 3 is 2.83 bits per heavy atom. The highest BCUT2D eigenvalue weighted by atomic mass is 19.1. The molecule has 3 aromatic rings. The second-order valence-corrected chi connectivity index (χ2v) is 7.55. The summed E-state index contributed by atoms with van der Waals surface area (Å²) in [6, 6.07) is 13.7. The van der Waals surface area contributed by atoms with Gasteiger partial charge in [-0.1, -0.05) is 31.0 Å². The Hall–Kier alpha value is -3.17. The normalized spacial score (nSPS) is 19.1. The number of aliphatic hydroxyl groups is 1. The van der Waals surface area contributed by atoms with Crippen LogP contribution < -0.4 is 5.32 Å². The van der Waals surface area contributed by atoms with Crippen molar-refractivity contribution in [2.45, 2.75) is 44.4 Å². The molecule has 4 rings (SSSR count). The highest BCUT2D eigenvalue weighted by molar-refractivity contribution is 6.07. The minimum absolute atomic E-state index is 0.257. The summed E-state index contributed by atoms with van der Waals surface area (Å²) in [4.78, 5) is 12.9. The van der Waals surface area contributed by atoms with E-state index in [2.05, 4.69) is 11.4 Å². The van der Waals surface area contributed by atoms with Crippen molar-refractivity contribution in [3.8, 4) is 6.07 Å². The first-order chi connectivity index (χ1) is 14.1. The maximum absolute atomic E-state index is 14.6. The van der Waals surface area contributed by atoms with Crippen LogP contribution in [0.4, 0.5) is 4.39 Å². The quantitative estimate of drug-likeness (QED) is 0.711.